The van der Waals surface area contributed by atoms with Gasteiger partial charge in [-0.3, -0.25) is 4.79 Å². The average Bonchev–Trinajstić information content (AvgIpc) is 2.03. The zero-order valence-corrected chi connectivity index (χ0v) is 6.42. The van der Waals surface area contributed by atoms with Crippen molar-refractivity contribution in [2.75, 3.05) is 6.61 Å². The monoisotopic (exact) mass is 152 g/mol. The lowest BCUT2D eigenvalue weighted by atomic mass is 9.99. The average molecular weight is 152 g/mol. The highest BCUT2D eigenvalue weighted by molar-refractivity contribution is 5.97. The lowest BCUT2D eigenvalue weighted by molar-refractivity contribution is -0.115. The maximum absolute atomic E-state index is 11.1. The smallest absolute Gasteiger partial charge is 0.162 e. The van der Waals surface area contributed by atoms with Gasteiger partial charge in [0.2, 0.25) is 0 Å². The summed E-state index contributed by atoms with van der Waals surface area (Å²) >= 11 is 0. The molecule has 11 heavy (non-hydrogen) atoms. The third-order valence-electron chi connectivity index (χ3n) is 1.70. The predicted molar refractivity (Wildman–Crippen MR) is 43.2 cm³/mol. The number of hydrogen-bond acceptors (Lipinski definition) is 2. The second kappa shape index (κ2) is 4.09. The van der Waals surface area contributed by atoms with Crippen LogP contribution in [0.2, 0.25) is 0 Å². The molecule has 0 aromatic rings. The van der Waals surface area contributed by atoms with Crippen LogP contribution in [0.3, 0.4) is 0 Å². The van der Waals surface area contributed by atoms with E-state index in [0.29, 0.717) is 19.3 Å². The summed E-state index contributed by atoms with van der Waals surface area (Å²) < 4.78 is 0. The van der Waals surface area contributed by atoms with E-state index >= 15 is 0 Å². The summed E-state index contributed by atoms with van der Waals surface area (Å²) in [4.78, 5) is 11.1. The number of carbonyl (C=O) groups excluding carboxylic acids is 1. The predicted octanol–water partition coefficient (Wildman–Crippen LogP) is 1.21. The quantitative estimate of drug-likeness (QED) is 0.660. The van der Waals surface area contributed by atoms with Gasteiger partial charge in [0.1, 0.15) is 0 Å². The van der Waals surface area contributed by atoms with Crippen molar-refractivity contribution in [1.29, 1.82) is 0 Å². The second-order valence-electron chi connectivity index (χ2n) is 2.57. The third-order valence-corrected chi connectivity index (χ3v) is 1.70. The molecule has 0 spiro atoms. The van der Waals surface area contributed by atoms with E-state index in [2.05, 4.69) is 0 Å². The Morgan fingerprint density at radius 3 is 3.00 bits per heavy atom. The maximum Gasteiger partial charge on any atom is 0.162 e. The summed E-state index contributed by atoms with van der Waals surface area (Å²) in [6, 6.07) is 0. The van der Waals surface area contributed by atoms with E-state index in [-0.39, 0.29) is 12.4 Å². The molecule has 0 unspecified atom stereocenters. The van der Waals surface area contributed by atoms with Crippen LogP contribution >= 0.6 is 0 Å². The second-order valence-corrected chi connectivity index (χ2v) is 2.57. The summed E-state index contributed by atoms with van der Waals surface area (Å²) in [5.41, 5.74) is 0.849. The molecule has 0 aromatic heterocycles. The Kier molecular flexibility index (Phi) is 3.05. The van der Waals surface area contributed by atoms with Crippen molar-refractivity contribution in [3.8, 4) is 0 Å². The first-order valence-corrected chi connectivity index (χ1v) is 3.84. The van der Waals surface area contributed by atoms with Crippen molar-refractivity contribution in [3.63, 3.8) is 0 Å². The van der Waals surface area contributed by atoms with Crippen molar-refractivity contribution >= 4 is 5.78 Å². The molecular weight excluding hydrogens is 140 g/mol. The van der Waals surface area contributed by atoms with Crippen LogP contribution in [0.4, 0.5) is 0 Å². The van der Waals surface area contributed by atoms with Crippen molar-refractivity contribution < 1.29 is 9.90 Å². The lowest BCUT2D eigenvalue weighted by Crippen LogP contribution is -2.04. The van der Waals surface area contributed by atoms with E-state index in [4.69, 9.17) is 5.11 Å². The van der Waals surface area contributed by atoms with Crippen LogP contribution in [0.5, 0.6) is 0 Å². The Labute approximate surface area is 66.2 Å². The van der Waals surface area contributed by atoms with Crippen LogP contribution in [0.1, 0.15) is 19.3 Å². The minimum absolute atomic E-state index is 0.161. The summed E-state index contributed by atoms with van der Waals surface area (Å²) in [7, 11) is 0. The van der Waals surface area contributed by atoms with Crippen molar-refractivity contribution in [2.45, 2.75) is 19.3 Å². The van der Waals surface area contributed by atoms with Gasteiger partial charge >= 0.3 is 0 Å². The zero-order chi connectivity index (χ0) is 8.10. The number of carbonyl (C=O) groups is 1. The molecule has 0 aliphatic heterocycles. The molecule has 2 nitrogen and oxygen atoms in total. The minimum Gasteiger partial charge on any atom is -0.396 e. The van der Waals surface area contributed by atoms with Gasteiger partial charge in [0, 0.05) is 13.0 Å². The number of Topliss-reactive ketones (excluding diaryl/α,β-unsaturated/α-hetero) is 1. The Bertz CT molecular complexity index is 202. The molecule has 1 aliphatic carbocycles. The first-order chi connectivity index (χ1) is 5.34. The molecule has 2 heteroatoms. The summed E-state index contributed by atoms with van der Waals surface area (Å²) in [5, 5.41) is 8.53. The number of aliphatic hydroxyl groups is 1. The molecule has 1 rings (SSSR count). The highest BCUT2D eigenvalue weighted by atomic mass is 16.2. The van der Waals surface area contributed by atoms with Crippen LogP contribution in [0.15, 0.2) is 23.8 Å². The Balaban J connectivity index is 2.47. The molecule has 0 heterocycles. The third kappa shape index (κ3) is 2.31. The van der Waals surface area contributed by atoms with Gasteiger partial charge in [-0.25, -0.2) is 0 Å². The number of rotatable bonds is 3. The Morgan fingerprint density at radius 1 is 1.55 bits per heavy atom. The number of aliphatic hydroxyl groups excluding tert-OH is 1. The summed E-state index contributed by atoms with van der Waals surface area (Å²) in [6.45, 7) is 0.161. The normalized spacial score (nSPS) is 16.8. The van der Waals surface area contributed by atoms with E-state index in [1.54, 1.807) is 0 Å². The number of hydrogen-bond donors (Lipinski definition) is 1. The van der Waals surface area contributed by atoms with Gasteiger partial charge in [-0.2, -0.15) is 0 Å². The molecule has 60 valence electrons. The minimum atomic E-state index is 0.161. The molecule has 1 N–H and O–H groups in total. The fourth-order valence-corrected chi connectivity index (χ4v) is 1.08. The Morgan fingerprint density at radius 2 is 2.36 bits per heavy atom. The SMILES string of the molecule is O=C1CC=CC=C1CCCO. The molecule has 0 atom stereocenters. The molecule has 0 saturated heterocycles. The van der Waals surface area contributed by atoms with E-state index < -0.39 is 0 Å². The molecule has 1 aliphatic rings. The lowest BCUT2D eigenvalue weighted by Gasteiger charge is -2.05. The van der Waals surface area contributed by atoms with Crippen molar-refractivity contribution in [2.24, 2.45) is 0 Å². The van der Waals surface area contributed by atoms with Gasteiger partial charge in [0.25, 0.3) is 0 Å². The van der Waals surface area contributed by atoms with Crippen molar-refractivity contribution in [1.82, 2.24) is 0 Å². The molecule has 0 aromatic carbocycles. The topological polar surface area (TPSA) is 37.3 Å². The molecule has 0 saturated carbocycles. The van der Waals surface area contributed by atoms with Gasteiger partial charge in [-0.15, -0.1) is 0 Å². The molecule has 0 bridgehead atoms. The standard InChI is InChI=1S/C9H12O2/c10-7-3-5-8-4-1-2-6-9(8)11/h1-2,4,10H,3,5-7H2. The number of ketones is 1. The molecule has 0 radical (unpaired) electrons. The van der Waals surface area contributed by atoms with Gasteiger partial charge < -0.3 is 5.11 Å². The van der Waals surface area contributed by atoms with Crippen molar-refractivity contribution in [3.05, 3.63) is 23.8 Å². The van der Waals surface area contributed by atoms with Crippen LogP contribution in [0, 0.1) is 0 Å². The summed E-state index contributed by atoms with van der Waals surface area (Å²) in [5.74, 6) is 0.195. The van der Waals surface area contributed by atoms with Crippen LogP contribution in [-0.2, 0) is 4.79 Å². The maximum atomic E-state index is 11.1. The van der Waals surface area contributed by atoms with Gasteiger partial charge in [0.05, 0.1) is 0 Å². The van der Waals surface area contributed by atoms with E-state index in [0.717, 1.165) is 5.57 Å². The Hall–Kier alpha value is -0.890. The first-order valence-electron chi connectivity index (χ1n) is 3.84. The van der Waals surface area contributed by atoms with E-state index in [1.807, 2.05) is 18.2 Å². The largest absolute Gasteiger partial charge is 0.396 e. The highest BCUT2D eigenvalue weighted by Gasteiger charge is 2.08. The van der Waals surface area contributed by atoms with Crippen LogP contribution in [-0.4, -0.2) is 17.5 Å². The summed E-state index contributed by atoms with van der Waals surface area (Å²) in [6.07, 6.45) is 7.50. The molecule has 0 fully saturated rings. The van der Waals surface area contributed by atoms with Gasteiger partial charge in [0.15, 0.2) is 5.78 Å². The number of allylic oxidation sites excluding steroid dienone is 4. The fourth-order valence-electron chi connectivity index (χ4n) is 1.08. The van der Waals surface area contributed by atoms with Gasteiger partial charge in [-0.1, -0.05) is 18.2 Å². The highest BCUT2D eigenvalue weighted by Crippen LogP contribution is 2.12. The molecule has 0 amide bonds. The van der Waals surface area contributed by atoms with Crippen LogP contribution < -0.4 is 0 Å². The van der Waals surface area contributed by atoms with E-state index in [1.165, 1.54) is 0 Å². The van der Waals surface area contributed by atoms with Gasteiger partial charge in [-0.05, 0) is 18.4 Å². The molecular formula is C9H12O2. The van der Waals surface area contributed by atoms with Crippen LogP contribution in [0.25, 0.3) is 0 Å². The van der Waals surface area contributed by atoms with E-state index in [9.17, 15) is 4.79 Å². The first kappa shape index (κ1) is 8.21. The fraction of sp³-hybridized carbons (Fsp3) is 0.444. The zero-order valence-electron chi connectivity index (χ0n) is 6.42.